The van der Waals surface area contributed by atoms with Crippen molar-refractivity contribution in [2.75, 3.05) is 38.6 Å². The number of aryl methyl sites for hydroxylation is 2. The van der Waals surface area contributed by atoms with Crippen LogP contribution in [0.4, 0.5) is 10.5 Å². The summed E-state index contributed by atoms with van der Waals surface area (Å²) in [5, 5.41) is 3.28. The SMILES string of the molecule is COc1cc(C(=O)N2CCC3(CCN(C(=O)Nc4ccc(C)cc4C)CC3)C2)cc(Cl)n1. The Morgan fingerprint density at radius 2 is 1.75 bits per heavy atom. The Morgan fingerprint density at radius 3 is 2.41 bits per heavy atom. The Bertz CT molecular complexity index is 1030. The van der Waals surface area contributed by atoms with E-state index in [9.17, 15) is 9.59 Å². The summed E-state index contributed by atoms with van der Waals surface area (Å²) in [6.07, 6.45) is 2.72. The summed E-state index contributed by atoms with van der Waals surface area (Å²) in [6, 6.07) is 9.17. The van der Waals surface area contributed by atoms with Crippen LogP contribution in [-0.2, 0) is 0 Å². The summed E-state index contributed by atoms with van der Waals surface area (Å²) < 4.78 is 5.14. The molecule has 8 heteroatoms. The van der Waals surface area contributed by atoms with Gasteiger partial charge in [-0.05, 0) is 56.2 Å². The van der Waals surface area contributed by atoms with Crippen LogP contribution in [0.5, 0.6) is 5.88 Å². The van der Waals surface area contributed by atoms with Gasteiger partial charge < -0.3 is 19.9 Å². The summed E-state index contributed by atoms with van der Waals surface area (Å²) in [4.78, 5) is 33.6. The van der Waals surface area contributed by atoms with Crippen LogP contribution in [0, 0.1) is 19.3 Å². The average molecular weight is 457 g/mol. The van der Waals surface area contributed by atoms with Crippen LogP contribution in [-0.4, -0.2) is 60.0 Å². The summed E-state index contributed by atoms with van der Waals surface area (Å²) in [5.41, 5.74) is 3.64. The molecular formula is C24H29ClN4O3. The van der Waals surface area contributed by atoms with Crippen molar-refractivity contribution in [3.05, 3.63) is 52.2 Å². The number of nitrogens with zero attached hydrogens (tertiary/aromatic N) is 3. The first-order valence-corrected chi connectivity index (χ1v) is 11.3. The molecular weight excluding hydrogens is 428 g/mol. The zero-order chi connectivity index (χ0) is 22.9. The number of aromatic nitrogens is 1. The molecule has 2 fully saturated rings. The minimum atomic E-state index is -0.0590. The number of piperidine rings is 1. The van der Waals surface area contributed by atoms with Gasteiger partial charge in [-0.25, -0.2) is 9.78 Å². The number of hydrogen-bond donors (Lipinski definition) is 1. The summed E-state index contributed by atoms with van der Waals surface area (Å²) >= 11 is 6.04. The number of pyridine rings is 1. The van der Waals surface area contributed by atoms with Crippen LogP contribution in [0.25, 0.3) is 0 Å². The Balaban J connectivity index is 1.35. The molecule has 0 aliphatic carbocycles. The molecule has 1 aromatic heterocycles. The predicted molar refractivity (Wildman–Crippen MR) is 124 cm³/mol. The molecule has 2 aliphatic rings. The number of ether oxygens (including phenoxy) is 1. The lowest BCUT2D eigenvalue weighted by molar-refractivity contribution is 0.0739. The molecule has 4 rings (SSSR count). The molecule has 0 atom stereocenters. The molecule has 1 aromatic carbocycles. The molecule has 32 heavy (non-hydrogen) atoms. The molecule has 0 unspecified atom stereocenters. The molecule has 170 valence electrons. The third kappa shape index (κ3) is 4.67. The van der Waals surface area contributed by atoms with Crippen molar-refractivity contribution >= 4 is 29.2 Å². The third-order valence-electron chi connectivity index (χ3n) is 6.69. The highest BCUT2D eigenvalue weighted by atomic mass is 35.5. The minimum Gasteiger partial charge on any atom is -0.481 e. The molecule has 0 bridgehead atoms. The van der Waals surface area contributed by atoms with Crippen LogP contribution >= 0.6 is 11.6 Å². The first-order chi connectivity index (χ1) is 15.3. The van der Waals surface area contributed by atoms with Crippen molar-refractivity contribution in [1.82, 2.24) is 14.8 Å². The number of carbonyl (C=O) groups excluding carboxylic acids is 2. The number of methoxy groups -OCH3 is 1. The van der Waals surface area contributed by atoms with Gasteiger partial charge >= 0.3 is 6.03 Å². The molecule has 7 nitrogen and oxygen atoms in total. The standard InChI is InChI=1S/C24H29ClN4O3/c1-16-4-5-19(17(2)12-16)26-23(31)28-9-6-24(7-10-28)8-11-29(15-24)22(30)18-13-20(25)27-21(14-18)32-3/h4-5,12-14H,6-11,15H2,1-3H3,(H,26,31). The fourth-order valence-electron chi connectivity index (χ4n) is 4.73. The topological polar surface area (TPSA) is 74.8 Å². The van der Waals surface area contributed by atoms with Crippen molar-refractivity contribution in [2.45, 2.75) is 33.1 Å². The third-order valence-corrected chi connectivity index (χ3v) is 6.88. The highest BCUT2D eigenvalue weighted by Crippen LogP contribution is 2.41. The van der Waals surface area contributed by atoms with Crippen molar-refractivity contribution in [3.8, 4) is 5.88 Å². The van der Waals surface area contributed by atoms with Crippen LogP contribution in [0.3, 0.4) is 0 Å². The first-order valence-electron chi connectivity index (χ1n) is 10.9. The largest absolute Gasteiger partial charge is 0.481 e. The first kappa shape index (κ1) is 22.4. The molecule has 2 aromatic rings. The Labute approximate surface area is 193 Å². The van der Waals surface area contributed by atoms with Crippen LogP contribution < -0.4 is 10.1 Å². The second-order valence-corrected chi connectivity index (χ2v) is 9.32. The lowest BCUT2D eigenvalue weighted by Crippen LogP contribution is -2.46. The van der Waals surface area contributed by atoms with E-state index in [0.717, 1.165) is 30.5 Å². The molecule has 1 spiro atoms. The number of nitrogens with one attached hydrogen (secondary N) is 1. The highest BCUT2D eigenvalue weighted by molar-refractivity contribution is 6.29. The van der Waals surface area contributed by atoms with Gasteiger partial charge in [0.15, 0.2) is 0 Å². The van der Waals surface area contributed by atoms with E-state index in [1.165, 1.54) is 12.7 Å². The minimum absolute atomic E-state index is 0.0560. The second kappa shape index (κ2) is 8.98. The fourth-order valence-corrected chi connectivity index (χ4v) is 4.93. The van der Waals surface area contributed by atoms with E-state index in [0.29, 0.717) is 37.6 Å². The van der Waals surface area contributed by atoms with Crippen LogP contribution in [0.15, 0.2) is 30.3 Å². The van der Waals surface area contributed by atoms with E-state index >= 15 is 0 Å². The van der Waals surface area contributed by atoms with Gasteiger partial charge in [0.25, 0.3) is 5.91 Å². The molecule has 0 saturated carbocycles. The molecule has 1 N–H and O–H groups in total. The van der Waals surface area contributed by atoms with Gasteiger partial charge in [0.2, 0.25) is 5.88 Å². The maximum absolute atomic E-state index is 13.0. The van der Waals surface area contributed by atoms with E-state index in [1.807, 2.05) is 35.8 Å². The summed E-state index contributed by atoms with van der Waals surface area (Å²) in [5.74, 6) is 0.275. The summed E-state index contributed by atoms with van der Waals surface area (Å²) in [6.45, 7) is 6.82. The maximum atomic E-state index is 13.0. The van der Waals surface area contributed by atoms with Crippen molar-refractivity contribution in [2.24, 2.45) is 5.41 Å². The number of anilines is 1. The van der Waals surface area contributed by atoms with Crippen molar-refractivity contribution < 1.29 is 14.3 Å². The highest BCUT2D eigenvalue weighted by Gasteiger charge is 2.43. The van der Waals surface area contributed by atoms with Crippen LogP contribution in [0.1, 0.15) is 40.7 Å². The number of likely N-dealkylation sites (tertiary alicyclic amines) is 2. The molecule has 0 radical (unpaired) electrons. The average Bonchev–Trinajstić information content (AvgIpc) is 3.18. The second-order valence-electron chi connectivity index (χ2n) is 8.93. The van der Waals surface area contributed by atoms with E-state index in [2.05, 4.69) is 16.4 Å². The van der Waals surface area contributed by atoms with Gasteiger partial charge in [-0.2, -0.15) is 0 Å². The van der Waals surface area contributed by atoms with E-state index in [-0.39, 0.29) is 22.5 Å². The Kier molecular flexibility index (Phi) is 6.29. The number of hydrogen-bond acceptors (Lipinski definition) is 4. The van der Waals surface area contributed by atoms with E-state index in [4.69, 9.17) is 16.3 Å². The predicted octanol–water partition coefficient (Wildman–Crippen LogP) is 4.52. The van der Waals surface area contributed by atoms with E-state index < -0.39 is 0 Å². The molecule has 2 aliphatic heterocycles. The zero-order valence-electron chi connectivity index (χ0n) is 18.8. The number of rotatable bonds is 3. The van der Waals surface area contributed by atoms with Gasteiger partial charge in [0.05, 0.1) is 7.11 Å². The smallest absolute Gasteiger partial charge is 0.321 e. The van der Waals surface area contributed by atoms with Gasteiger partial charge in [-0.15, -0.1) is 0 Å². The number of amides is 3. The number of urea groups is 1. The molecule has 3 heterocycles. The van der Waals surface area contributed by atoms with Crippen molar-refractivity contribution in [1.29, 1.82) is 0 Å². The van der Waals surface area contributed by atoms with Gasteiger partial charge in [0.1, 0.15) is 5.15 Å². The Morgan fingerprint density at radius 1 is 1.06 bits per heavy atom. The van der Waals surface area contributed by atoms with E-state index in [1.54, 1.807) is 12.1 Å². The lowest BCUT2D eigenvalue weighted by Gasteiger charge is -2.39. The number of carbonyl (C=O) groups is 2. The van der Waals surface area contributed by atoms with Crippen molar-refractivity contribution in [3.63, 3.8) is 0 Å². The Hall–Kier alpha value is -2.80. The van der Waals surface area contributed by atoms with Crippen LogP contribution in [0.2, 0.25) is 5.15 Å². The number of benzene rings is 1. The van der Waals surface area contributed by atoms with Gasteiger partial charge in [-0.3, -0.25) is 4.79 Å². The lowest BCUT2D eigenvalue weighted by atomic mass is 9.78. The maximum Gasteiger partial charge on any atom is 0.321 e. The summed E-state index contributed by atoms with van der Waals surface area (Å²) in [7, 11) is 1.50. The number of halogens is 1. The monoisotopic (exact) mass is 456 g/mol. The fraction of sp³-hybridized carbons (Fsp3) is 0.458. The normalized spacial score (nSPS) is 17.5. The zero-order valence-corrected chi connectivity index (χ0v) is 19.5. The molecule has 2 saturated heterocycles. The van der Waals surface area contributed by atoms with Gasteiger partial charge in [0, 0.05) is 43.5 Å². The quantitative estimate of drug-likeness (QED) is 0.689. The molecule has 3 amide bonds. The van der Waals surface area contributed by atoms with Gasteiger partial charge in [-0.1, -0.05) is 29.3 Å².